The highest BCUT2D eigenvalue weighted by molar-refractivity contribution is 8.00. The zero-order valence-electron chi connectivity index (χ0n) is 7.19. The Morgan fingerprint density at radius 2 is 2.23 bits per heavy atom. The molecule has 0 radical (unpaired) electrons. The smallest absolute Gasteiger partial charge is 0.230 e. The number of aryl methyl sites for hydroxylation is 1. The van der Waals surface area contributed by atoms with Crippen molar-refractivity contribution in [1.82, 2.24) is 0 Å². The van der Waals surface area contributed by atoms with E-state index in [1.54, 1.807) is 11.8 Å². The van der Waals surface area contributed by atoms with Crippen LogP contribution < -0.4 is 5.73 Å². The van der Waals surface area contributed by atoms with E-state index in [-0.39, 0.29) is 11.2 Å². The number of carbonyl (C=O) groups excluding carboxylic acids is 1. The predicted molar refractivity (Wildman–Crippen MR) is 53.6 cm³/mol. The van der Waals surface area contributed by atoms with Crippen LogP contribution in [0.4, 0.5) is 0 Å². The summed E-state index contributed by atoms with van der Waals surface area (Å²) in [6, 6.07) is 8.19. The molecule has 0 bridgehead atoms. The van der Waals surface area contributed by atoms with E-state index < -0.39 is 0 Å². The van der Waals surface area contributed by atoms with Crippen molar-refractivity contribution in [2.24, 2.45) is 5.73 Å². The highest BCUT2D eigenvalue weighted by Gasteiger charge is 2.22. The molecule has 2 N–H and O–H groups in total. The van der Waals surface area contributed by atoms with Crippen molar-refractivity contribution < 1.29 is 4.79 Å². The van der Waals surface area contributed by atoms with Gasteiger partial charge >= 0.3 is 0 Å². The summed E-state index contributed by atoms with van der Waals surface area (Å²) in [5.74, 6) is -0.195. The first-order valence-electron chi connectivity index (χ1n) is 4.31. The maximum absolute atomic E-state index is 11.0. The third kappa shape index (κ3) is 1.70. The minimum Gasteiger partial charge on any atom is -0.369 e. The molecule has 3 heteroatoms. The van der Waals surface area contributed by atoms with Gasteiger partial charge in [0, 0.05) is 4.90 Å². The Hall–Kier alpha value is -0.960. The van der Waals surface area contributed by atoms with Gasteiger partial charge < -0.3 is 5.73 Å². The van der Waals surface area contributed by atoms with Crippen molar-refractivity contribution in [3.05, 3.63) is 29.8 Å². The van der Waals surface area contributed by atoms with Crippen molar-refractivity contribution in [3.8, 4) is 0 Å². The van der Waals surface area contributed by atoms with Gasteiger partial charge in [-0.3, -0.25) is 4.79 Å². The molecule has 1 aliphatic rings. The number of rotatable bonds is 1. The number of thioether (sulfide) groups is 1. The average Bonchev–Trinajstić information content (AvgIpc) is 2.17. The standard InChI is InChI=1S/C10H11NOS/c11-10(12)9-6-5-7-3-1-2-4-8(7)13-9/h1-4,9H,5-6H2,(H2,11,12). The minimum atomic E-state index is -0.195. The van der Waals surface area contributed by atoms with Gasteiger partial charge in [0.2, 0.25) is 5.91 Å². The van der Waals surface area contributed by atoms with Crippen LogP contribution in [0.25, 0.3) is 0 Å². The molecule has 1 amide bonds. The lowest BCUT2D eigenvalue weighted by atomic mass is 10.1. The van der Waals surface area contributed by atoms with Crippen LogP contribution in [0.15, 0.2) is 29.2 Å². The van der Waals surface area contributed by atoms with Gasteiger partial charge in [0.15, 0.2) is 0 Å². The van der Waals surface area contributed by atoms with Crippen molar-refractivity contribution in [2.75, 3.05) is 0 Å². The monoisotopic (exact) mass is 193 g/mol. The lowest BCUT2D eigenvalue weighted by Gasteiger charge is -2.20. The first-order valence-corrected chi connectivity index (χ1v) is 5.19. The third-order valence-corrected chi connectivity index (χ3v) is 3.64. The van der Waals surface area contributed by atoms with Gasteiger partial charge in [0.1, 0.15) is 0 Å². The van der Waals surface area contributed by atoms with Crippen molar-refractivity contribution in [2.45, 2.75) is 23.0 Å². The predicted octanol–water partition coefficient (Wildman–Crippen LogP) is 1.58. The van der Waals surface area contributed by atoms with Gasteiger partial charge in [0.25, 0.3) is 0 Å². The number of carbonyl (C=O) groups is 1. The molecule has 0 fully saturated rings. The average molecular weight is 193 g/mol. The Labute approximate surface area is 81.5 Å². The number of nitrogens with two attached hydrogens (primary N) is 1. The Balaban J connectivity index is 2.24. The normalized spacial score (nSPS) is 20.8. The fourth-order valence-corrected chi connectivity index (χ4v) is 2.66. The quantitative estimate of drug-likeness (QED) is 0.735. The second kappa shape index (κ2) is 3.42. The summed E-state index contributed by atoms with van der Waals surface area (Å²) in [5.41, 5.74) is 6.60. The van der Waals surface area contributed by atoms with Crippen LogP contribution >= 0.6 is 11.8 Å². The first-order chi connectivity index (χ1) is 6.27. The molecule has 13 heavy (non-hydrogen) atoms. The highest BCUT2D eigenvalue weighted by Crippen LogP contribution is 2.34. The highest BCUT2D eigenvalue weighted by atomic mass is 32.2. The van der Waals surface area contributed by atoms with Gasteiger partial charge in [-0.1, -0.05) is 18.2 Å². The van der Waals surface area contributed by atoms with E-state index in [2.05, 4.69) is 12.1 Å². The van der Waals surface area contributed by atoms with Crippen LogP contribution in [-0.2, 0) is 11.2 Å². The summed E-state index contributed by atoms with van der Waals surface area (Å²) in [7, 11) is 0. The lowest BCUT2D eigenvalue weighted by molar-refractivity contribution is -0.117. The first kappa shape index (κ1) is 8.63. The van der Waals surface area contributed by atoms with Crippen LogP contribution in [0.2, 0.25) is 0 Å². The van der Waals surface area contributed by atoms with E-state index in [4.69, 9.17) is 5.73 Å². The van der Waals surface area contributed by atoms with Gasteiger partial charge in [0.05, 0.1) is 5.25 Å². The van der Waals surface area contributed by atoms with E-state index in [1.807, 2.05) is 12.1 Å². The fraction of sp³-hybridized carbons (Fsp3) is 0.300. The molecule has 1 aromatic carbocycles. The number of primary amides is 1. The van der Waals surface area contributed by atoms with E-state index in [1.165, 1.54) is 10.5 Å². The molecule has 1 atom stereocenters. The third-order valence-electron chi connectivity index (χ3n) is 2.24. The number of amides is 1. The second-order valence-corrected chi connectivity index (χ2v) is 4.40. The van der Waals surface area contributed by atoms with Crippen LogP contribution in [0, 0.1) is 0 Å². The number of hydrogen-bond acceptors (Lipinski definition) is 2. The molecule has 1 unspecified atom stereocenters. The maximum atomic E-state index is 11.0. The van der Waals surface area contributed by atoms with E-state index >= 15 is 0 Å². The van der Waals surface area contributed by atoms with Gasteiger partial charge in [-0.2, -0.15) is 0 Å². The van der Waals surface area contributed by atoms with Crippen molar-refractivity contribution >= 4 is 17.7 Å². The van der Waals surface area contributed by atoms with Crippen LogP contribution in [0.3, 0.4) is 0 Å². The largest absolute Gasteiger partial charge is 0.369 e. The Morgan fingerprint density at radius 1 is 1.46 bits per heavy atom. The summed E-state index contributed by atoms with van der Waals surface area (Å²) >= 11 is 1.59. The molecule has 68 valence electrons. The molecule has 2 rings (SSSR count). The molecule has 2 nitrogen and oxygen atoms in total. The van der Waals surface area contributed by atoms with Crippen LogP contribution in [0.5, 0.6) is 0 Å². The summed E-state index contributed by atoms with van der Waals surface area (Å²) in [6.07, 6.45) is 1.84. The van der Waals surface area contributed by atoms with Crippen molar-refractivity contribution in [3.63, 3.8) is 0 Å². The molecule has 0 aromatic heterocycles. The summed E-state index contributed by atoms with van der Waals surface area (Å²) in [5, 5.41) is -0.0325. The Morgan fingerprint density at radius 3 is 3.00 bits per heavy atom. The maximum Gasteiger partial charge on any atom is 0.230 e. The molecule has 1 aromatic rings. The summed E-state index contributed by atoms with van der Waals surface area (Å²) < 4.78 is 0. The van der Waals surface area contributed by atoms with Gasteiger partial charge in [-0.05, 0) is 24.5 Å². The topological polar surface area (TPSA) is 43.1 Å². The van der Waals surface area contributed by atoms with E-state index in [0.717, 1.165) is 12.8 Å². The van der Waals surface area contributed by atoms with Gasteiger partial charge in [-0.25, -0.2) is 0 Å². The summed E-state index contributed by atoms with van der Waals surface area (Å²) in [4.78, 5) is 12.2. The van der Waals surface area contributed by atoms with E-state index in [9.17, 15) is 4.79 Å². The zero-order valence-corrected chi connectivity index (χ0v) is 8.01. The Bertz CT molecular complexity index is 337. The molecule has 0 saturated heterocycles. The fourth-order valence-electron chi connectivity index (χ4n) is 1.52. The SMILES string of the molecule is NC(=O)C1CCc2ccccc2S1. The lowest BCUT2D eigenvalue weighted by Crippen LogP contribution is -2.28. The van der Waals surface area contributed by atoms with Gasteiger partial charge in [-0.15, -0.1) is 11.8 Å². The molecule has 1 heterocycles. The minimum absolute atomic E-state index is 0.0325. The van der Waals surface area contributed by atoms with Crippen LogP contribution in [-0.4, -0.2) is 11.2 Å². The molecular weight excluding hydrogens is 182 g/mol. The number of benzene rings is 1. The second-order valence-electron chi connectivity index (χ2n) is 3.16. The zero-order chi connectivity index (χ0) is 9.26. The summed E-state index contributed by atoms with van der Waals surface area (Å²) in [6.45, 7) is 0. The molecule has 1 aliphatic heterocycles. The number of hydrogen-bond donors (Lipinski definition) is 1. The molecule has 0 spiro atoms. The Kier molecular flexibility index (Phi) is 2.27. The molecule has 0 saturated carbocycles. The van der Waals surface area contributed by atoms with Crippen LogP contribution in [0.1, 0.15) is 12.0 Å². The van der Waals surface area contributed by atoms with E-state index in [0.29, 0.717) is 0 Å². The number of fused-ring (bicyclic) bond motifs is 1. The van der Waals surface area contributed by atoms with Crippen molar-refractivity contribution in [1.29, 1.82) is 0 Å². The molecular formula is C10H11NOS. The molecule has 0 aliphatic carbocycles.